The van der Waals surface area contributed by atoms with E-state index in [9.17, 15) is 9.59 Å². The molecule has 0 heterocycles. The molecule has 0 bridgehead atoms. The molecule has 0 aliphatic carbocycles. The van der Waals surface area contributed by atoms with Gasteiger partial charge in [0.15, 0.2) is 6.10 Å². The van der Waals surface area contributed by atoms with Crippen LogP contribution in [0.1, 0.15) is 19.4 Å². The number of anilines is 1. The average Bonchev–Trinajstić information content (AvgIpc) is 2.41. The lowest BCUT2D eigenvalue weighted by Crippen LogP contribution is -2.45. The number of nitrogens with zero attached hydrogens (tertiary/aromatic N) is 1. The number of hydrogen-bond donors (Lipinski definition) is 3. The lowest BCUT2D eigenvalue weighted by atomic mass is 10.2. The Morgan fingerprint density at radius 2 is 2.20 bits per heavy atom. The van der Waals surface area contributed by atoms with E-state index in [0.717, 1.165) is 0 Å². The predicted molar refractivity (Wildman–Crippen MR) is 72.9 cm³/mol. The topological polar surface area (TPSA) is 117 Å². The first-order valence-corrected chi connectivity index (χ1v) is 6.03. The molecule has 106 valence electrons. The molecule has 0 aromatic heterocycles. The predicted octanol–water partition coefficient (Wildman–Crippen LogP) is 0.753. The van der Waals surface area contributed by atoms with E-state index in [4.69, 9.17) is 15.7 Å². The van der Waals surface area contributed by atoms with E-state index in [1.165, 1.54) is 25.1 Å². The first-order valence-electron chi connectivity index (χ1n) is 6.03. The Hall–Kier alpha value is -2.75. The Morgan fingerprint density at radius 3 is 2.75 bits per heavy atom. The fraction of sp³-hybridized carbons (Fsp3) is 0.308. The highest BCUT2D eigenvalue weighted by Gasteiger charge is 2.18. The lowest BCUT2D eigenvalue weighted by molar-refractivity contribution is -0.126. The molecule has 0 aliphatic heterocycles. The number of imide groups is 1. The van der Waals surface area contributed by atoms with Crippen molar-refractivity contribution in [2.45, 2.75) is 20.0 Å². The third-order valence-corrected chi connectivity index (χ3v) is 2.39. The maximum atomic E-state index is 11.7. The van der Waals surface area contributed by atoms with Gasteiger partial charge in [0.05, 0.1) is 17.3 Å². The van der Waals surface area contributed by atoms with Crippen molar-refractivity contribution in [1.82, 2.24) is 10.6 Å². The fourth-order valence-corrected chi connectivity index (χ4v) is 1.39. The Labute approximate surface area is 116 Å². The van der Waals surface area contributed by atoms with Crippen LogP contribution in [0.2, 0.25) is 0 Å². The molecule has 0 aliphatic rings. The summed E-state index contributed by atoms with van der Waals surface area (Å²) in [6, 6.07) is 5.84. The molecule has 7 nitrogen and oxygen atoms in total. The molecule has 4 N–H and O–H groups in total. The Bertz CT molecular complexity index is 551. The van der Waals surface area contributed by atoms with Crippen LogP contribution in [0, 0.1) is 11.3 Å². The second-order valence-corrected chi connectivity index (χ2v) is 3.97. The molecule has 7 heteroatoms. The number of nitrogens with two attached hydrogens (primary N) is 1. The fourth-order valence-electron chi connectivity index (χ4n) is 1.39. The normalized spacial score (nSPS) is 11.1. The zero-order valence-corrected chi connectivity index (χ0v) is 11.3. The molecule has 1 unspecified atom stereocenters. The maximum Gasteiger partial charge on any atom is 0.321 e. The minimum atomic E-state index is -0.896. The molecule has 0 saturated heterocycles. The van der Waals surface area contributed by atoms with Gasteiger partial charge in [0.25, 0.3) is 5.91 Å². The molecule has 1 atom stereocenters. The van der Waals surface area contributed by atoms with Gasteiger partial charge < -0.3 is 15.8 Å². The molecule has 1 aromatic rings. The molecule has 0 spiro atoms. The van der Waals surface area contributed by atoms with Crippen LogP contribution in [0.15, 0.2) is 18.2 Å². The van der Waals surface area contributed by atoms with E-state index in [1.807, 2.05) is 6.07 Å². The van der Waals surface area contributed by atoms with E-state index in [-0.39, 0.29) is 11.4 Å². The second kappa shape index (κ2) is 6.99. The van der Waals surface area contributed by atoms with Crippen molar-refractivity contribution in [1.29, 1.82) is 5.26 Å². The number of amides is 3. The number of ether oxygens (including phenoxy) is 1. The van der Waals surface area contributed by atoms with Crippen LogP contribution in [0.4, 0.5) is 10.5 Å². The molecule has 0 radical (unpaired) electrons. The van der Waals surface area contributed by atoms with Crippen LogP contribution < -0.4 is 21.1 Å². The summed E-state index contributed by atoms with van der Waals surface area (Å²) in [5, 5.41) is 13.3. The number of rotatable bonds is 4. The number of nitriles is 1. The zero-order chi connectivity index (χ0) is 15.1. The SMILES string of the molecule is CCNC(=O)NC(=O)C(C)Oc1ccc(C#N)cc1N. The van der Waals surface area contributed by atoms with Crippen LogP contribution in [-0.4, -0.2) is 24.6 Å². The minimum Gasteiger partial charge on any atom is -0.479 e. The lowest BCUT2D eigenvalue weighted by Gasteiger charge is -2.15. The van der Waals surface area contributed by atoms with Gasteiger partial charge in [0, 0.05) is 6.54 Å². The number of benzene rings is 1. The van der Waals surface area contributed by atoms with Gasteiger partial charge in [-0.05, 0) is 32.0 Å². The van der Waals surface area contributed by atoms with Crippen LogP contribution in [0.3, 0.4) is 0 Å². The summed E-state index contributed by atoms with van der Waals surface area (Å²) in [5.74, 6) is -0.303. The third-order valence-electron chi connectivity index (χ3n) is 2.39. The maximum absolute atomic E-state index is 11.7. The summed E-state index contributed by atoms with van der Waals surface area (Å²) in [4.78, 5) is 22.9. The highest BCUT2D eigenvalue weighted by atomic mass is 16.5. The average molecular weight is 276 g/mol. The van der Waals surface area contributed by atoms with Crippen molar-refractivity contribution in [3.63, 3.8) is 0 Å². The molecule has 20 heavy (non-hydrogen) atoms. The van der Waals surface area contributed by atoms with Crippen molar-refractivity contribution in [2.75, 3.05) is 12.3 Å². The van der Waals surface area contributed by atoms with Gasteiger partial charge in [0.2, 0.25) is 0 Å². The zero-order valence-electron chi connectivity index (χ0n) is 11.3. The van der Waals surface area contributed by atoms with Crippen LogP contribution in [-0.2, 0) is 4.79 Å². The molecular formula is C13H16N4O3. The Kier molecular flexibility index (Phi) is 5.35. The standard InChI is InChI=1S/C13H16N4O3/c1-3-16-13(19)17-12(18)8(2)20-11-5-4-9(7-14)6-10(11)15/h4-6,8H,3,15H2,1-2H3,(H2,16,17,18,19). The highest BCUT2D eigenvalue weighted by Crippen LogP contribution is 2.23. The van der Waals surface area contributed by atoms with Crippen molar-refractivity contribution in [3.05, 3.63) is 23.8 Å². The van der Waals surface area contributed by atoms with Gasteiger partial charge in [-0.15, -0.1) is 0 Å². The summed E-state index contributed by atoms with van der Waals surface area (Å²) in [5.41, 5.74) is 6.36. The van der Waals surface area contributed by atoms with Gasteiger partial charge in [-0.2, -0.15) is 5.26 Å². The molecule has 3 amide bonds. The van der Waals surface area contributed by atoms with E-state index in [0.29, 0.717) is 12.1 Å². The van der Waals surface area contributed by atoms with Crippen molar-refractivity contribution < 1.29 is 14.3 Å². The molecular weight excluding hydrogens is 260 g/mol. The van der Waals surface area contributed by atoms with Gasteiger partial charge in [-0.1, -0.05) is 0 Å². The van der Waals surface area contributed by atoms with Crippen LogP contribution in [0.25, 0.3) is 0 Å². The first kappa shape index (κ1) is 15.3. The summed E-state index contributed by atoms with van der Waals surface area (Å²) in [6.45, 7) is 3.64. The largest absolute Gasteiger partial charge is 0.479 e. The number of hydrogen-bond acceptors (Lipinski definition) is 5. The van der Waals surface area contributed by atoms with Crippen molar-refractivity contribution in [3.8, 4) is 11.8 Å². The molecule has 0 saturated carbocycles. The third kappa shape index (κ3) is 4.17. The summed E-state index contributed by atoms with van der Waals surface area (Å²) in [7, 11) is 0. The molecule has 1 aromatic carbocycles. The Morgan fingerprint density at radius 1 is 1.50 bits per heavy atom. The second-order valence-electron chi connectivity index (χ2n) is 3.97. The van der Waals surface area contributed by atoms with E-state index in [2.05, 4.69) is 10.6 Å². The monoisotopic (exact) mass is 276 g/mol. The minimum absolute atomic E-state index is 0.252. The number of nitrogen functional groups attached to an aromatic ring is 1. The van der Waals surface area contributed by atoms with Gasteiger partial charge >= 0.3 is 6.03 Å². The smallest absolute Gasteiger partial charge is 0.321 e. The van der Waals surface area contributed by atoms with E-state index >= 15 is 0 Å². The van der Waals surface area contributed by atoms with E-state index in [1.54, 1.807) is 6.92 Å². The summed E-state index contributed by atoms with van der Waals surface area (Å²) < 4.78 is 5.36. The summed E-state index contributed by atoms with van der Waals surface area (Å²) in [6.07, 6.45) is -0.896. The number of carbonyl (C=O) groups is 2. The molecule has 0 fully saturated rings. The van der Waals surface area contributed by atoms with Crippen molar-refractivity contribution >= 4 is 17.6 Å². The summed E-state index contributed by atoms with van der Waals surface area (Å²) >= 11 is 0. The number of carbonyl (C=O) groups excluding carboxylic acids is 2. The van der Waals surface area contributed by atoms with Gasteiger partial charge in [-0.25, -0.2) is 4.79 Å². The van der Waals surface area contributed by atoms with E-state index < -0.39 is 18.0 Å². The van der Waals surface area contributed by atoms with Crippen molar-refractivity contribution in [2.24, 2.45) is 0 Å². The quantitative estimate of drug-likeness (QED) is 0.701. The van der Waals surface area contributed by atoms with Gasteiger partial charge in [-0.3, -0.25) is 10.1 Å². The first-order chi connectivity index (χ1) is 9.47. The van der Waals surface area contributed by atoms with Crippen LogP contribution in [0.5, 0.6) is 5.75 Å². The Balaban J connectivity index is 2.66. The number of nitrogens with one attached hydrogen (secondary N) is 2. The van der Waals surface area contributed by atoms with Gasteiger partial charge in [0.1, 0.15) is 5.75 Å². The molecule has 1 rings (SSSR count). The highest BCUT2D eigenvalue weighted by molar-refractivity contribution is 5.96. The number of urea groups is 1. The van der Waals surface area contributed by atoms with Crippen LogP contribution >= 0.6 is 0 Å².